The molecule has 0 saturated heterocycles. The minimum atomic E-state index is -3.60. The summed E-state index contributed by atoms with van der Waals surface area (Å²) >= 11 is 4.90. The van der Waals surface area contributed by atoms with Crippen LogP contribution < -0.4 is 9.64 Å². The first-order valence-electron chi connectivity index (χ1n) is 10.7. The number of carbonyl (C=O) groups excluding carboxylic acids is 1. The van der Waals surface area contributed by atoms with Crippen molar-refractivity contribution < 1.29 is 17.9 Å². The fourth-order valence-electron chi connectivity index (χ4n) is 3.37. The van der Waals surface area contributed by atoms with Crippen LogP contribution in [0.3, 0.4) is 0 Å². The van der Waals surface area contributed by atoms with E-state index in [4.69, 9.17) is 4.74 Å². The molecule has 0 N–H and O–H groups in total. The molecule has 0 aliphatic rings. The largest absolute Gasteiger partial charge is 0.497 e. The van der Waals surface area contributed by atoms with Gasteiger partial charge in [0.15, 0.2) is 15.0 Å². The van der Waals surface area contributed by atoms with Crippen LogP contribution >= 0.6 is 27.3 Å². The second-order valence-electron chi connectivity index (χ2n) is 7.43. The Morgan fingerprint density at radius 3 is 2.42 bits per heavy atom. The lowest BCUT2D eigenvalue weighted by Crippen LogP contribution is -2.39. The summed E-state index contributed by atoms with van der Waals surface area (Å²) < 4.78 is 32.6. The molecule has 0 aliphatic heterocycles. The first kappa shape index (κ1) is 25.6. The number of carbonyl (C=O) groups is 1. The number of amides is 1. The average Bonchev–Trinajstić information content (AvgIpc) is 3.23. The molecule has 33 heavy (non-hydrogen) atoms. The normalized spacial score (nSPS) is 11.8. The van der Waals surface area contributed by atoms with E-state index in [1.807, 2.05) is 18.2 Å². The summed E-state index contributed by atoms with van der Waals surface area (Å²) in [6.45, 7) is 7.03. The van der Waals surface area contributed by atoms with Crippen molar-refractivity contribution in [1.29, 1.82) is 0 Å². The highest BCUT2D eigenvalue weighted by Crippen LogP contribution is 2.31. The lowest BCUT2D eigenvalue weighted by molar-refractivity contribution is -0.118. The van der Waals surface area contributed by atoms with E-state index in [1.54, 1.807) is 17.0 Å². The summed E-state index contributed by atoms with van der Waals surface area (Å²) in [5, 5.41) is 0.585. The van der Waals surface area contributed by atoms with Gasteiger partial charge in [-0.15, -0.1) is 0 Å². The summed E-state index contributed by atoms with van der Waals surface area (Å²) in [5.41, 5.74) is 0.810. The second-order valence-corrected chi connectivity index (χ2v) is 11.5. The van der Waals surface area contributed by atoms with Gasteiger partial charge in [0, 0.05) is 24.0 Å². The smallest absolute Gasteiger partial charge is 0.229 e. The molecule has 0 saturated carbocycles. The maximum atomic E-state index is 13.2. The second kappa shape index (κ2) is 11.4. The molecular formula is C23H28BrN3O4S2. The molecule has 10 heteroatoms. The van der Waals surface area contributed by atoms with Gasteiger partial charge in [-0.2, -0.15) is 0 Å². The van der Waals surface area contributed by atoms with E-state index >= 15 is 0 Å². The maximum absolute atomic E-state index is 13.2. The number of hydrogen-bond acceptors (Lipinski definition) is 7. The molecule has 0 bridgehead atoms. The van der Waals surface area contributed by atoms with E-state index in [1.165, 1.54) is 30.6 Å². The number of halogens is 1. The Hall–Kier alpha value is -2.01. The number of methoxy groups -OCH3 is 1. The molecule has 1 aromatic heterocycles. The fourth-order valence-corrected chi connectivity index (χ4v) is 6.16. The fraction of sp³-hybridized carbons (Fsp3) is 0.391. The zero-order valence-electron chi connectivity index (χ0n) is 19.0. The summed E-state index contributed by atoms with van der Waals surface area (Å²) in [5.74, 6) is 0.0588. The number of fused-ring (bicyclic) bond motifs is 1. The molecule has 0 spiro atoms. The van der Waals surface area contributed by atoms with Crippen LogP contribution in [0.1, 0.15) is 20.3 Å². The Labute approximate surface area is 207 Å². The van der Waals surface area contributed by atoms with Crippen molar-refractivity contribution in [3.05, 3.63) is 46.9 Å². The molecule has 3 aromatic rings. The molecular weight excluding hydrogens is 526 g/mol. The van der Waals surface area contributed by atoms with Crippen molar-refractivity contribution >= 4 is 58.4 Å². The lowest BCUT2D eigenvalue weighted by Gasteiger charge is -2.24. The topological polar surface area (TPSA) is 79.8 Å². The highest BCUT2D eigenvalue weighted by molar-refractivity contribution is 9.10. The number of nitrogens with zero attached hydrogens (tertiary/aromatic N) is 3. The van der Waals surface area contributed by atoms with Crippen LogP contribution in [0, 0.1) is 0 Å². The first-order chi connectivity index (χ1) is 15.8. The van der Waals surface area contributed by atoms with Crippen LogP contribution in [0.5, 0.6) is 5.75 Å². The van der Waals surface area contributed by atoms with Gasteiger partial charge in [0.1, 0.15) is 5.75 Å². The summed E-state index contributed by atoms with van der Waals surface area (Å²) in [7, 11) is -2.08. The number of rotatable bonds is 11. The minimum Gasteiger partial charge on any atom is -0.497 e. The van der Waals surface area contributed by atoms with Crippen LogP contribution in [0.4, 0.5) is 5.13 Å². The first-order valence-corrected chi connectivity index (χ1v) is 14.0. The number of benzene rings is 2. The lowest BCUT2D eigenvalue weighted by atomic mass is 10.3. The third-order valence-corrected chi connectivity index (χ3v) is 8.68. The number of thiazole rings is 1. The molecule has 2 aromatic carbocycles. The van der Waals surface area contributed by atoms with Gasteiger partial charge in [0.25, 0.3) is 0 Å². The zero-order valence-corrected chi connectivity index (χ0v) is 22.2. The number of anilines is 1. The minimum absolute atomic E-state index is 0.119. The Morgan fingerprint density at radius 1 is 1.09 bits per heavy atom. The van der Waals surface area contributed by atoms with Gasteiger partial charge in [0.05, 0.1) is 28.0 Å². The van der Waals surface area contributed by atoms with Crippen LogP contribution in [0.2, 0.25) is 0 Å². The van der Waals surface area contributed by atoms with Crippen molar-refractivity contribution in [3.63, 3.8) is 0 Å². The summed E-state index contributed by atoms with van der Waals surface area (Å²) in [4.78, 5) is 21.9. The third-order valence-electron chi connectivity index (χ3n) is 5.41. The van der Waals surface area contributed by atoms with Crippen LogP contribution in [-0.4, -0.2) is 63.3 Å². The molecule has 3 rings (SSSR count). The molecule has 0 atom stereocenters. The summed E-state index contributed by atoms with van der Waals surface area (Å²) in [6.07, 6.45) is -0.119. The monoisotopic (exact) mass is 553 g/mol. The maximum Gasteiger partial charge on any atom is 0.229 e. The van der Waals surface area contributed by atoms with Crippen LogP contribution in [0.25, 0.3) is 10.2 Å². The van der Waals surface area contributed by atoms with Crippen molar-refractivity contribution in [1.82, 2.24) is 9.88 Å². The Kier molecular flexibility index (Phi) is 8.86. The van der Waals surface area contributed by atoms with Crippen LogP contribution in [-0.2, 0) is 14.6 Å². The van der Waals surface area contributed by atoms with E-state index in [0.717, 1.165) is 27.8 Å². The molecule has 0 unspecified atom stereocenters. The molecule has 178 valence electrons. The van der Waals surface area contributed by atoms with E-state index in [-0.39, 0.29) is 23.0 Å². The molecule has 0 fully saturated rings. The van der Waals surface area contributed by atoms with Gasteiger partial charge in [-0.05, 0) is 55.6 Å². The van der Waals surface area contributed by atoms with Crippen molar-refractivity contribution in [2.75, 3.05) is 43.9 Å². The number of likely N-dealkylation sites (N-methyl/N-ethyl adjacent to an activating group) is 1. The van der Waals surface area contributed by atoms with E-state index in [9.17, 15) is 13.2 Å². The number of aromatic nitrogens is 1. The van der Waals surface area contributed by atoms with Gasteiger partial charge >= 0.3 is 0 Å². The standard InChI is InChI=1S/C23H28BrN3O4S2/c1-4-26(5-2)13-14-27(23-25-20-11-6-17(24)16-21(20)32-23)22(28)12-15-33(29,30)19-9-7-18(31-3)8-10-19/h6-11,16H,4-5,12-15H2,1-3H3. The van der Waals surface area contributed by atoms with E-state index in [2.05, 4.69) is 39.7 Å². The van der Waals surface area contributed by atoms with Crippen molar-refractivity contribution in [2.24, 2.45) is 0 Å². The highest BCUT2D eigenvalue weighted by atomic mass is 79.9. The van der Waals surface area contributed by atoms with Gasteiger partial charge in [-0.25, -0.2) is 13.4 Å². The van der Waals surface area contributed by atoms with Crippen molar-refractivity contribution in [2.45, 2.75) is 25.2 Å². The van der Waals surface area contributed by atoms with Crippen LogP contribution in [0.15, 0.2) is 51.8 Å². The predicted molar refractivity (Wildman–Crippen MR) is 137 cm³/mol. The van der Waals surface area contributed by atoms with Gasteiger partial charge < -0.3 is 9.64 Å². The van der Waals surface area contributed by atoms with Gasteiger partial charge in [0.2, 0.25) is 5.91 Å². The molecule has 1 amide bonds. The number of ether oxygens (including phenoxy) is 1. The SMILES string of the molecule is CCN(CC)CCN(C(=O)CCS(=O)(=O)c1ccc(OC)cc1)c1nc2ccc(Br)cc2s1. The van der Waals surface area contributed by atoms with Gasteiger partial charge in [-0.3, -0.25) is 9.69 Å². The zero-order chi connectivity index (χ0) is 24.0. The Bertz CT molecular complexity index is 1190. The quantitative estimate of drug-likeness (QED) is 0.345. The molecule has 0 radical (unpaired) electrons. The average molecular weight is 555 g/mol. The third kappa shape index (κ3) is 6.53. The van der Waals surface area contributed by atoms with E-state index in [0.29, 0.717) is 24.0 Å². The number of sulfone groups is 1. The predicted octanol–water partition coefficient (Wildman–Crippen LogP) is 4.61. The van der Waals surface area contributed by atoms with E-state index < -0.39 is 9.84 Å². The molecule has 1 heterocycles. The molecule has 0 aliphatic carbocycles. The Balaban J connectivity index is 1.80. The van der Waals surface area contributed by atoms with Gasteiger partial charge in [-0.1, -0.05) is 41.1 Å². The Morgan fingerprint density at radius 2 is 1.79 bits per heavy atom. The highest BCUT2D eigenvalue weighted by Gasteiger charge is 2.23. The number of hydrogen-bond donors (Lipinski definition) is 0. The molecule has 7 nitrogen and oxygen atoms in total. The van der Waals surface area contributed by atoms with Crippen molar-refractivity contribution in [3.8, 4) is 5.75 Å². The summed E-state index contributed by atoms with van der Waals surface area (Å²) in [6, 6.07) is 12.0.